The molecule has 0 aliphatic carbocycles. The number of halogens is 6. The van der Waals surface area contributed by atoms with Gasteiger partial charge in [0.15, 0.2) is 0 Å². The monoisotopic (exact) mass is 523 g/mol. The highest BCUT2D eigenvalue weighted by Crippen LogP contribution is 2.50. The summed E-state index contributed by atoms with van der Waals surface area (Å²) in [5, 5.41) is 9.56. The van der Waals surface area contributed by atoms with Crippen LogP contribution in [0.1, 0.15) is 23.6 Å². The van der Waals surface area contributed by atoms with E-state index in [9.17, 15) is 31.4 Å². The average molecular weight is 524 g/mol. The van der Waals surface area contributed by atoms with Crippen LogP contribution in [-0.2, 0) is 18.7 Å². The van der Waals surface area contributed by atoms with E-state index in [1.807, 2.05) is 24.3 Å². The van der Waals surface area contributed by atoms with E-state index in [1.165, 1.54) is 5.56 Å². The summed E-state index contributed by atoms with van der Waals surface area (Å²) in [6.45, 7) is 6.52. The SMILES string of the molecule is CC1CN(Cc2ccc(-c3ccc(C(O)(C(F)(F)F)C(F)(F)F)cc3)cc2)CCN1Cc1ccncc1. The number of benzene rings is 2. The molecule has 1 unspecified atom stereocenters. The number of hydrogen-bond acceptors (Lipinski definition) is 4. The van der Waals surface area contributed by atoms with E-state index in [2.05, 4.69) is 21.7 Å². The number of hydrogen-bond donors (Lipinski definition) is 1. The van der Waals surface area contributed by atoms with Crippen LogP contribution in [0.15, 0.2) is 73.1 Å². The zero-order valence-corrected chi connectivity index (χ0v) is 20.1. The molecule has 1 aliphatic heterocycles. The third-order valence-corrected chi connectivity index (χ3v) is 6.80. The molecule has 3 aromatic rings. The summed E-state index contributed by atoms with van der Waals surface area (Å²) in [4.78, 5) is 8.84. The van der Waals surface area contributed by atoms with Crippen LogP contribution in [0.2, 0.25) is 0 Å². The van der Waals surface area contributed by atoms with Gasteiger partial charge < -0.3 is 5.11 Å². The van der Waals surface area contributed by atoms with Crippen LogP contribution in [0.25, 0.3) is 11.1 Å². The van der Waals surface area contributed by atoms with Crippen LogP contribution in [0.3, 0.4) is 0 Å². The molecule has 37 heavy (non-hydrogen) atoms. The summed E-state index contributed by atoms with van der Waals surface area (Å²) in [5.41, 5.74) is -2.83. The number of piperazine rings is 1. The normalized spacial score (nSPS) is 18.2. The summed E-state index contributed by atoms with van der Waals surface area (Å²) in [5.74, 6) is 0. The van der Waals surface area contributed by atoms with Crippen LogP contribution in [0, 0.1) is 0 Å². The fourth-order valence-electron chi connectivity index (χ4n) is 4.62. The molecule has 10 heteroatoms. The van der Waals surface area contributed by atoms with Crippen LogP contribution in [-0.4, -0.2) is 57.9 Å². The molecule has 1 fully saturated rings. The Kier molecular flexibility index (Phi) is 7.64. The minimum Gasteiger partial charge on any atom is -0.369 e. The van der Waals surface area contributed by atoms with E-state index < -0.39 is 23.5 Å². The van der Waals surface area contributed by atoms with Gasteiger partial charge in [-0.15, -0.1) is 0 Å². The highest BCUT2D eigenvalue weighted by Gasteiger charge is 2.71. The van der Waals surface area contributed by atoms with Crippen molar-refractivity contribution < 1.29 is 31.4 Å². The van der Waals surface area contributed by atoms with Crippen LogP contribution < -0.4 is 0 Å². The molecule has 0 saturated carbocycles. The van der Waals surface area contributed by atoms with Crippen LogP contribution >= 0.6 is 0 Å². The maximum absolute atomic E-state index is 13.1. The second-order valence-electron chi connectivity index (χ2n) is 9.39. The Balaban J connectivity index is 1.39. The van der Waals surface area contributed by atoms with Gasteiger partial charge in [-0.2, -0.15) is 26.3 Å². The molecule has 4 nitrogen and oxygen atoms in total. The molecule has 2 aromatic carbocycles. The second-order valence-corrected chi connectivity index (χ2v) is 9.39. The average Bonchev–Trinajstić information content (AvgIpc) is 2.85. The second kappa shape index (κ2) is 10.4. The Morgan fingerprint density at radius 3 is 1.78 bits per heavy atom. The van der Waals surface area contributed by atoms with Gasteiger partial charge in [-0.25, -0.2) is 0 Å². The first kappa shape index (κ1) is 27.1. The smallest absolute Gasteiger partial charge is 0.369 e. The van der Waals surface area contributed by atoms with Gasteiger partial charge in [0.2, 0.25) is 0 Å². The largest absolute Gasteiger partial charge is 0.430 e. The Morgan fingerprint density at radius 2 is 1.27 bits per heavy atom. The van der Waals surface area contributed by atoms with E-state index in [1.54, 1.807) is 24.5 Å². The fourth-order valence-corrected chi connectivity index (χ4v) is 4.62. The minimum atomic E-state index is -5.91. The lowest BCUT2D eigenvalue weighted by molar-refractivity contribution is -0.376. The summed E-state index contributed by atoms with van der Waals surface area (Å²) in [6.07, 6.45) is -8.23. The zero-order chi connectivity index (χ0) is 26.8. The van der Waals surface area contributed by atoms with Gasteiger partial charge in [0.05, 0.1) is 0 Å². The quantitative estimate of drug-likeness (QED) is 0.417. The number of aliphatic hydroxyl groups is 1. The van der Waals surface area contributed by atoms with Crippen LogP contribution in [0.5, 0.6) is 0 Å². The topological polar surface area (TPSA) is 39.6 Å². The van der Waals surface area contributed by atoms with Gasteiger partial charge >= 0.3 is 12.4 Å². The zero-order valence-electron chi connectivity index (χ0n) is 20.1. The van der Waals surface area contributed by atoms with Crippen molar-refractivity contribution in [2.24, 2.45) is 0 Å². The Bertz CT molecular complexity index is 1150. The van der Waals surface area contributed by atoms with Crippen molar-refractivity contribution in [2.75, 3.05) is 19.6 Å². The van der Waals surface area contributed by atoms with Crippen molar-refractivity contribution >= 4 is 0 Å². The van der Waals surface area contributed by atoms with Gasteiger partial charge in [0, 0.05) is 56.7 Å². The van der Waals surface area contributed by atoms with Crippen molar-refractivity contribution in [1.29, 1.82) is 0 Å². The van der Waals surface area contributed by atoms with Gasteiger partial charge in [-0.05, 0) is 41.3 Å². The first-order valence-corrected chi connectivity index (χ1v) is 11.8. The minimum absolute atomic E-state index is 0.367. The fraction of sp³-hybridized carbons (Fsp3) is 0.370. The van der Waals surface area contributed by atoms with E-state index >= 15 is 0 Å². The number of rotatable bonds is 6. The van der Waals surface area contributed by atoms with Gasteiger partial charge in [0.1, 0.15) is 0 Å². The number of nitrogens with zero attached hydrogens (tertiary/aromatic N) is 3. The molecule has 0 bridgehead atoms. The van der Waals surface area contributed by atoms with Crippen molar-refractivity contribution in [3.63, 3.8) is 0 Å². The maximum atomic E-state index is 13.1. The van der Waals surface area contributed by atoms with Crippen molar-refractivity contribution in [3.05, 3.63) is 89.7 Å². The van der Waals surface area contributed by atoms with E-state index in [0.717, 1.165) is 50.4 Å². The molecule has 1 saturated heterocycles. The first-order valence-electron chi connectivity index (χ1n) is 11.8. The van der Waals surface area contributed by atoms with Gasteiger partial charge in [-0.1, -0.05) is 48.5 Å². The van der Waals surface area contributed by atoms with E-state index in [0.29, 0.717) is 29.3 Å². The van der Waals surface area contributed by atoms with Gasteiger partial charge in [-0.3, -0.25) is 14.8 Å². The predicted octanol–water partition coefficient (Wildman–Crippen LogP) is 5.77. The third-order valence-electron chi connectivity index (χ3n) is 6.80. The molecule has 0 spiro atoms. The standard InChI is InChI=1S/C27H27F6N3O/c1-19-16-35(14-15-36(19)18-21-10-12-34-13-11-21)17-20-2-4-22(5-3-20)23-6-8-24(9-7-23)25(37,26(28,29)30)27(31,32)33/h2-13,19,37H,14-18H2,1H3. The van der Waals surface area contributed by atoms with Gasteiger partial charge in [0.25, 0.3) is 5.60 Å². The highest BCUT2D eigenvalue weighted by atomic mass is 19.4. The molecule has 198 valence electrons. The summed E-state index contributed by atoms with van der Waals surface area (Å²) >= 11 is 0. The van der Waals surface area contributed by atoms with E-state index in [4.69, 9.17) is 0 Å². The van der Waals surface area contributed by atoms with Crippen molar-refractivity contribution in [3.8, 4) is 11.1 Å². The molecule has 1 aliphatic rings. The molecule has 1 atom stereocenters. The molecule has 2 heterocycles. The number of alkyl halides is 6. The first-order chi connectivity index (χ1) is 17.4. The molecule has 1 aromatic heterocycles. The summed E-state index contributed by atoms with van der Waals surface area (Å²) < 4.78 is 78.7. The Labute approximate surface area is 211 Å². The summed E-state index contributed by atoms with van der Waals surface area (Å²) in [6, 6.07) is 15.4. The Morgan fingerprint density at radius 1 is 0.757 bits per heavy atom. The van der Waals surface area contributed by atoms with Crippen LogP contribution in [0.4, 0.5) is 26.3 Å². The maximum Gasteiger partial charge on any atom is 0.430 e. The Hall–Kier alpha value is -2.95. The molecular formula is C27H27F6N3O. The molecule has 0 amide bonds. The van der Waals surface area contributed by atoms with E-state index in [-0.39, 0.29) is 0 Å². The molecule has 0 radical (unpaired) electrons. The van der Waals surface area contributed by atoms with Crippen molar-refractivity contribution in [1.82, 2.24) is 14.8 Å². The lowest BCUT2D eigenvalue weighted by Crippen LogP contribution is -2.53. The summed E-state index contributed by atoms with van der Waals surface area (Å²) in [7, 11) is 0. The predicted molar refractivity (Wildman–Crippen MR) is 127 cm³/mol. The molecule has 4 rings (SSSR count). The highest BCUT2D eigenvalue weighted by molar-refractivity contribution is 5.64. The third kappa shape index (κ3) is 5.81. The lowest BCUT2D eigenvalue weighted by atomic mass is 9.90. The lowest BCUT2D eigenvalue weighted by Gasteiger charge is -2.40. The van der Waals surface area contributed by atoms with Crippen molar-refractivity contribution in [2.45, 2.75) is 44.0 Å². The molecule has 1 N–H and O–H groups in total. The number of aromatic nitrogens is 1. The number of pyridine rings is 1. The molecular weight excluding hydrogens is 496 g/mol.